The third-order valence-electron chi connectivity index (χ3n) is 2.52. The first-order valence-electron chi connectivity index (χ1n) is 5.18. The zero-order chi connectivity index (χ0) is 11.7. The van der Waals surface area contributed by atoms with E-state index < -0.39 is 0 Å². The Kier molecular flexibility index (Phi) is 3.31. The highest BCUT2D eigenvalue weighted by molar-refractivity contribution is 9.10. The molecule has 0 aliphatic carbocycles. The molecule has 5 heteroatoms. The fourth-order valence-corrected chi connectivity index (χ4v) is 4.63. The van der Waals surface area contributed by atoms with E-state index in [9.17, 15) is 0 Å². The van der Waals surface area contributed by atoms with Gasteiger partial charge in [0.25, 0.3) is 0 Å². The number of halogens is 1. The number of allylic oxidation sites excluding steroid dienone is 2. The largest absolute Gasteiger partial charge is 0.322 e. The lowest BCUT2D eigenvalue weighted by molar-refractivity contribution is 1.06. The second-order valence-electron chi connectivity index (χ2n) is 3.64. The molecule has 0 bridgehead atoms. The van der Waals surface area contributed by atoms with Crippen LogP contribution in [0.2, 0.25) is 0 Å². The number of hydrogen-bond acceptors (Lipinski definition) is 3. The summed E-state index contributed by atoms with van der Waals surface area (Å²) in [6, 6.07) is 2.19. The quantitative estimate of drug-likeness (QED) is 0.819. The summed E-state index contributed by atoms with van der Waals surface area (Å²) in [4.78, 5) is 8.08. The van der Waals surface area contributed by atoms with Gasteiger partial charge in [0.05, 0.1) is 5.88 Å². The van der Waals surface area contributed by atoms with E-state index in [4.69, 9.17) is 0 Å². The molecule has 1 aromatic rings. The second-order valence-corrected chi connectivity index (χ2v) is 7.31. The van der Waals surface area contributed by atoms with E-state index in [1.807, 2.05) is 6.20 Å². The van der Waals surface area contributed by atoms with Crippen molar-refractivity contribution in [2.75, 3.05) is 10.8 Å². The van der Waals surface area contributed by atoms with Gasteiger partial charge in [0, 0.05) is 21.8 Å². The van der Waals surface area contributed by atoms with Gasteiger partial charge in [-0.2, -0.15) is 10.9 Å². The monoisotopic (exact) mass is 326 g/mol. The normalized spacial score (nSPS) is 19.6. The highest BCUT2D eigenvalue weighted by Gasteiger charge is 2.17. The molecule has 1 aromatic heterocycles. The van der Waals surface area contributed by atoms with Crippen LogP contribution in [0.25, 0.3) is 0 Å². The third-order valence-corrected chi connectivity index (χ3v) is 5.57. The Labute approximate surface area is 116 Å². The smallest absolute Gasteiger partial charge is 0.145 e. The van der Waals surface area contributed by atoms with Gasteiger partial charge in [-0.05, 0) is 38.2 Å². The van der Waals surface area contributed by atoms with Crippen molar-refractivity contribution >= 4 is 44.4 Å². The second kappa shape index (κ2) is 4.92. The van der Waals surface area contributed by atoms with Crippen molar-refractivity contribution in [2.24, 2.45) is 0 Å². The molecule has 0 saturated heterocycles. The Bertz CT molecular complexity index is 513. The van der Waals surface area contributed by atoms with Gasteiger partial charge >= 0.3 is 0 Å². The summed E-state index contributed by atoms with van der Waals surface area (Å²) in [7, 11) is -0.332. The van der Waals surface area contributed by atoms with Gasteiger partial charge < -0.3 is 4.90 Å². The molecule has 0 unspecified atom stereocenters. The van der Waals surface area contributed by atoms with Crippen LogP contribution in [-0.4, -0.2) is 10.9 Å². The van der Waals surface area contributed by atoms with Crippen molar-refractivity contribution in [3.63, 3.8) is 0 Å². The van der Waals surface area contributed by atoms with Crippen molar-refractivity contribution in [1.82, 2.24) is 4.98 Å². The molecule has 3 rings (SSSR count). The average Bonchev–Trinajstić information content (AvgIpc) is 3.02. The fraction of sp³-hybridized carbons (Fsp3) is 0.0833. The van der Waals surface area contributed by atoms with E-state index in [0.29, 0.717) is 0 Å². The van der Waals surface area contributed by atoms with Gasteiger partial charge in [0.15, 0.2) is 0 Å². The molecule has 0 saturated carbocycles. The van der Waals surface area contributed by atoms with Crippen LogP contribution in [0.5, 0.6) is 0 Å². The van der Waals surface area contributed by atoms with Crippen molar-refractivity contribution in [3.05, 3.63) is 51.3 Å². The molecule has 0 amide bonds. The van der Waals surface area contributed by atoms with E-state index in [1.54, 1.807) is 11.8 Å². The molecule has 0 radical (unpaired) electrons. The molecule has 0 aromatic carbocycles. The van der Waals surface area contributed by atoms with E-state index in [-0.39, 0.29) is 10.9 Å². The number of rotatable bonds is 2. The van der Waals surface area contributed by atoms with Gasteiger partial charge in [-0.1, -0.05) is 12.2 Å². The number of anilines is 1. The summed E-state index contributed by atoms with van der Waals surface area (Å²) in [5.74, 6) is 2.04. The van der Waals surface area contributed by atoms with Gasteiger partial charge in [0.2, 0.25) is 0 Å². The maximum absolute atomic E-state index is 4.57. The number of hydrogen-bond donors (Lipinski definition) is 1. The summed E-state index contributed by atoms with van der Waals surface area (Å²) in [6.45, 7) is 0. The molecule has 0 N–H and O–H groups in total. The third kappa shape index (κ3) is 2.32. The molecule has 0 atom stereocenters. The summed E-state index contributed by atoms with van der Waals surface area (Å²) >= 11 is 5.31. The first-order chi connectivity index (χ1) is 8.34. The van der Waals surface area contributed by atoms with Crippen molar-refractivity contribution < 1.29 is 0 Å². The van der Waals surface area contributed by atoms with Crippen molar-refractivity contribution in [1.29, 1.82) is 0 Å². The highest BCUT2D eigenvalue weighted by atomic mass is 79.9. The van der Waals surface area contributed by atoms with Crippen LogP contribution < -0.4 is 4.90 Å². The van der Waals surface area contributed by atoms with Crippen LogP contribution in [0.4, 0.5) is 5.82 Å². The topological polar surface area (TPSA) is 16.1 Å². The maximum atomic E-state index is 4.57. The first-order valence-corrected chi connectivity index (χ1v) is 8.50. The van der Waals surface area contributed by atoms with E-state index in [0.717, 1.165) is 16.2 Å². The maximum Gasteiger partial charge on any atom is 0.145 e. The van der Waals surface area contributed by atoms with Crippen LogP contribution in [0.15, 0.2) is 56.2 Å². The van der Waals surface area contributed by atoms with E-state index in [2.05, 4.69) is 66.5 Å². The van der Waals surface area contributed by atoms with Crippen LogP contribution in [0.3, 0.4) is 0 Å². The molecule has 0 fully saturated rings. The summed E-state index contributed by atoms with van der Waals surface area (Å²) in [5, 5.41) is 6.63. The molecule has 0 spiro atoms. The highest BCUT2D eigenvalue weighted by Crippen LogP contribution is 2.47. The summed E-state index contributed by atoms with van der Waals surface area (Å²) in [6.07, 6.45) is 8.20. The number of pyridine rings is 1. The Balaban J connectivity index is 2.04. The first kappa shape index (κ1) is 11.4. The lowest BCUT2D eigenvalue weighted by atomic mass is 10.4. The predicted octanol–water partition coefficient (Wildman–Crippen LogP) is 4.23. The SMILES string of the molecule is Brc1cnc(N2C=CSC2)c([SH]2C=CC=C2)c1. The van der Waals surface area contributed by atoms with Gasteiger partial charge in [0.1, 0.15) is 5.82 Å². The van der Waals surface area contributed by atoms with Crippen LogP contribution in [0, 0.1) is 0 Å². The zero-order valence-electron chi connectivity index (χ0n) is 8.95. The molecule has 17 heavy (non-hydrogen) atoms. The van der Waals surface area contributed by atoms with Crippen molar-refractivity contribution in [3.8, 4) is 0 Å². The lowest BCUT2D eigenvalue weighted by Gasteiger charge is -2.21. The molecule has 2 aliphatic heterocycles. The average molecular weight is 327 g/mol. The van der Waals surface area contributed by atoms with Crippen LogP contribution >= 0.6 is 38.6 Å². The minimum Gasteiger partial charge on any atom is -0.322 e. The summed E-state index contributed by atoms with van der Waals surface area (Å²) in [5.41, 5.74) is 0. The van der Waals surface area contributed by atoms with E-state index in [1.165, 1.54) is 4.90 Å². The Morgan fingerprint density at radius 1 is 1.35 bits per heavy atom. The Morgan fingerprint density at radius 3 is 2.88 bits per heavy atom. The summed E-state index contributed by atoms with van der Waals surface area (Å²) < 4.78 is 1.04. The van der Waals surface area contributed by atoms with Crippen LogP contribution in [-0.2, 0) is 0 Å². The van der Waals surface area contributed by atoms with E-state index >= 15 is 0 Å². The zero-order valence-corrected chi connectivity index (χ0v) is 12.3. The molecular weight excluding hydrogens is 316 g/mol. The number of aromatic nitrogens is 1. The fourth-order valence-electron chi connectivity index (χ4n) is 1.74. The predicted molar refractivity (Wildman–Crippen MR) is 81.5 cm³/mol. The van der Waals surface area contributed by atoms with Crippen molar-refractivity contribution in [2.45, 2.75) is 4.90 Å². The standard InChI is InChI=1S/C12H11BrN2S2/c13-10-7-11(17-5-1-2-6-17)12(14-8-10)15-3-4-16-9-15/h1-8,17H,9H2. The minimum atomic E-state index is -0.332. The molecule has 88 valence electrons. The number of thiol groups is 1. The number of thioether (sulfide) groups is 1. The Hall–Kier alpha value is -0.650. The molecule has 2 nitrogen and oxygen atoms in total. The van der Waals surface area contributed by atoms with Gasteiger partial charge in [-0.3, -0.25) is 0 Å². The number of nitrogens with zero attached hydrogens (tertiary/aromatic N) is 2. The Morgan fingerprint density at radius 2 is 2.18 bits per heavy atom. The molecule has 2 aliphatic rings. The molecular formula is C12H11BrN2S2. The van der Waals surface area contributed by atoms with Gasteiger partial charge in [-0.15, -0.1) is 11.8 Å². The van der Waals surface area contributed by atoms with Crippen LogP contribution in [0.1, 0.15) is 0 Å². The molecule has 3 heterocycles. The lowest BCUT2D eigenvalue weighted by Crippen LogP contribution is -2.13. The minimum absolute atomic E-state index is 0.332. The van der Waals surface area contributed by atoms with Gasteiger partial charge in [-0.25, -0.2) is 4.98 Å².